The van der Waals surface area contributed by atoms with E-state index in [9.17, 15) is 18.0 Å². The van der Waals surface area contributed by atoms with Gasteiger partial charge in [-0.15, -0.1) is 11.3 Å². The van der Waals surface area contributed by atoms with E-state index in [0.717, 1.165) is 28.7 Å². The van der Waals surface area contributed by atoms with Crippen molar-refractivity contribution in [2.24, 2.45) is 5.92 Å². The van der Waals surface area contributed by atoms with E-state index < -0.39 is 21.5 Å². The predicted octanol–water partition coefficient (Wildman–Crippen LogP) is 2.12. The Morgan fingerprint density at radius 2 is 2.03 bits per heavy atom. The molecular weight excluding hydrogens is 442 g/mol. The van der Waals surface area contributed by atoms with Gasteiger partial charge in [0, 0.05) is 24.0 Å². The third-order valence-corrected chi connectivity index (χ3v) is 8.56. The molecule has 4 heterocycles. The second-order valence-corrected chi connectivity index (χ2v) is 10.9. The number of carbonyl (C=O) groups excluding carboxylic acids is 1. The van der Waals surface area contributed by atoms with Gasteiger partial charge in [-0.25, -0.2) is 13.4 Å². The van der Waals surface area contributed by atoms with Crippen LogP contribution in [0.15, 0.2) is 26.6 Å². The number of anilines is 1. The van der Waals surface area contributed by atoms with Crippen LogP contribution in [0.3, 0.4) is 0 Å². The van der Waals surface area contributed by atoms with Crippen molar-refractivity contribution in [3.63, 3.8) is 0 Å². The SMILES string of the molecule is Cc1cc(NC(=O)Cn2cnc3sc(C)c(S(=O)(=O)N4CCC(C)CC4)c3c2=O)no1. The minimum Gasteiger partial charge on any atom is -0.360 e. The standard InChI is InChI=1S/C19H23N5O5S2/c1-11-4-6-24(7-5-11)31(27,28)17-13(3)30-18-16(17)19(26)23(10-20-18)9-15(25)21-14-8-12(2)29-22-14/h8,10-11H,4-7,9H2,1-3H3,(H,21,22,25). The molecule has 1 aliphatic heterocycles. The second kappa shape index (κ2) is 8.17. The average Bonchev–Trinajstić information content (AvgIpc) is 3.27. The lowest BCUT2D eigenvalue weighted by molar-refractivity contribution is -0.116. The number of nitrogens with one attached hydrogen (secondary N) is 1. The minimum atomic E-state index is -3.85. The number of aryl methyl sites for hydroxylation is 2. The molecule has 0 spiro atoms. The Kier molecular flexibility index (Phi) is 5.71. The first-order valence-electron chi connectivity index (χ1n) is 9.88. The zero-order chi connectivity index (χ0) is 22.3. The summed E-state index contributed by atoms with van der Waals surface area (Å²) < 4.78 is 34.2. The number of hydrogen-bond acceptors (Lipinski definition) is 8. The monoisotopic (exact) mass is 465 g/mol. The Morgan fingerprint density at radius 1 is 1.32 bits per heavy atom. The number of piperidine rings is 1. The van der Waals surface area contributed by atoms with Crippen molar-refractivity contribution in [2.75, 3.05) is 18.4 Å². The van der Waals surface area contributed by atoms with E-state index in [2.05, 4.69) is 22.4 Å². The predicted molar refractivity (Wildman–Crippen MR) is 116 cm³/mol. The smallest absolute Gasteiger partial charge is 0.263 e. The summed E-state index contributed by atoms with van der Waals surface area (Å²) in [7, 11) is -3.85. The first-order chi connectivity index (χ1) is 14.7. The summed E-state index contributed by atoms with van der Waals surface area (Å²) in [6.45, 7) is 5.99. The van der Waals surface area contributed by atoms with Crippen LogP contribution in [0.25, 0.3) is 10.2 Å². The molecule has 1 N–H and O–H groups in total. The van der Waals surface area contributed by atoms with Crippen molar-refractivity contribution in [3.8, 4) is 0 Å². The lowest BCUT2D eigenvalue weighted by Crippen LogP contribution is -2.38. The first-order valence-corrected chi connectivity index (χ1v) is 12.1. The Morgan fingerprint density at radius 3 is 2.68 bits per heavy atom. The average molecular weight is 466 g/mol. The number of aromatic nitrogens is 3. The molecule has 166 valence electrons. The maximum absolute atomic E-state index is 13.4. The van der Waals surface area contributed by atoms with Gasteiger partial charge in [0.05, 0.1) is 11.7 Å². The summed E-state index contributed by atoms with van der Waals surface area (Å²) in [6.07, 6.45) is 2.82. The fourth-order valence-electron chi connectivity index (χ4n) is 3.65. The van der Waals surface area contributed by atoms with Crippen molar-refractivity contribution < 1.29 is 17.7 Å². The Hall–Kier alpha value is -2.57. The van der Waals surface area contributed by atoms with Gasteiger partial charge in [0.15, 0.2) is 5.82 Å². The van der Waals surface area contributed by atoms with Crippen LogP contribution in [0, 0.1) is 19.8 Å². The van der Waals surface area contributed by atoms with Crippen LogP contribution in [-0.2, 0) is 21.4 Å². The quantitative estimate of drug-likeness (QED) is 0.611. The Balaban J connectivity index is 1.69. The van der Waals surface area contributed by atoms with Crippen LogP contribution in [0.4, 0.5) is 5.82 Å². The number of rotatable bonds is 5. The summed E-state index contributed by atoms with van der Waals surface area (Å²) >= 11 is 1.16. The van der Waals surface area contributed by atoms with Gasteiger partial charge in [-0.1, -0.05) is 12.1 Å². The normalized spacial score (nSPS) is 16.1. The summed E-state index contributed by atoms with van der Waals surface area (Å²) in [6, 6.07) is 1.55. The topological polar surface area (TPSA) is 127 Å². The van der Waals surface area contributed by atoms with Gasteiger partial charge in [0.2, 0.25) is 15.9 Å². The number of thiophene rings is 1. The van der Waals surface area contributed by atoms with Crippen LogP contribution < -0.4 is 10.9 Å². The van der Waals surface area contributed by atoms with E-state index >= 15 is 0 Å². The first kappa shape index (κ1) is 21.7. The van der Waals surface area contributed by atoms with Crippen LogP contribution in [0.2, 0.25) is 0 Å². The lowest BCUT2D eigenvalue weighted by Gasteiger charge is -2.29. The molecule has 0 aromatic carbocycles. The minimum absolute atomic E-state index is 0.00133. The van der Waals surface area contributed by atoms with Gasteiger partial charge in [-0.2, -0.15) is 4.31 Å². The molecular formula is C19H23N5O5S2. The largest absolute Gasteiger partial charge is 0.360 e. The van der Waals surface area contributed by atoms with Crippen molar-refractivity contribution in [2.45, 2.75) is 45.1 Å². The zero-order valence-corrected chi connectivity index (χ0v) is 19.0. The number of amides is 1. The lowest BCUT2D eigenvalue weighted by atomic mass is 10.0. The van der Waals surface area contributed by atoms with Crippen molar-refractivity contribution in [1.82, 2.24) is 19.0 Å². The van der Waals surface area contributed by atoms with E-state index in [1.807, 2.05) is 0 Å². The number of carbonyl (C=O) groups is 1. The number of hydrogen-bond donors (Lipinski definition) is 1. The molecule has 0 saturated carbocycles. The van der Waals surface area contributed by atoms with E-state index in [4.69, 9.17) is 4.52 Å². The van der Waals surface area contributed by atoms with E-state index in [0.29, 0.717) is 34.5 Å². The molecule has 1 fully saturated rings. The third-order valence-electron chi connectivity index (χ3n) is 5.35. The number of sulfonamides is 1. The third kappa shape index (κ3) is 4.14. The highest BCUT2D eigenvalue weighted by Crippen LogP contribution is 2.34. The molecule has 3 aromatic rings. The zero-order valence-electron chi connectivity index (χ0n) is 17.4. The molecule has 12 heteroatoms. The van der Waals surface area contributed by atoms with Crippen LogP contribution in [0.5, 0.6) is 0 Å². The van der Waals surface area contributed by atoms with Gasteiger partial charge >= 0.3 is 0 Å². The number of fused-ring (bicyclic) bond motifs is 1. The maximum Gasteiger partial charge on any atom is 0.263 e. The highest BCUT2D eigenvalue weighted by molar-refractivity contribution is 7.89. The van der Waals surface area contributed by atoms with Gasteiger partial charge in [-0.3, -0.25) is 14.2 Å². The van der Waals surface area contributed by atoms with Crippen molar-refractivity contribution >= 4 is 43.3 Å². The summed E-state index contributed by atoms with van der Waals surface area (Å²) in [5.74, 6) is 0.736. The molecule has 31 heavy (non-hydrogen) atoms. The summed E-state index contributed by atoms with van der Waals surface area (Å²) in [5, 5.41) is 6.26. The molecule has 1 saturated heterocycles. The summed E-state index contributed by atoms with van der Waals surface area (Å²) in [5.41, 5.74) is -0.565. The second-order valence-electron chi connectivity index (χ2n) is 7.80. The number of nitrogens with zero attached hydrogens (tertiary/aromatic N) is 4. The van der Waals surface area contributed by atoms with E-state index in [1.165, 1.54) is 10.6 Å². The Bertz CT molecular complexity index is 1300. The molecule has 0 aliphatic carbocycles. The van der Waals surface area contributed by atoms with Gasteiger partial charge in [0.1, 0.15) is 22.0 Å². The molecule has 4 rings (SSSR count). The summed E-state index contributed by atoms with van der Waals surface area (Å²) in [4.78, 5) is 30.6. The highest BCUT2D eigenvalue weighted by atomic mass is 32.2. The molecule has 1 amide bonds. The molecule has 3 aromatic heterocycles. The van der Waals surface area contributed by atoms with Gasteiger partial charge in [0.25, 0.3) is 5.56 Å². The fourth-order valence-corrected chi connectivity index (χ4v) is 6.79. The van der Waals surface area contributed by atoms with Crippen LogP contribution >= 0.6 is 11.3 Å². The molecule has 0 unspecified atom stereocenters. The van der Waals surface area contributed by atoms with Gasteiger partial charge in [-0.05, 0) is 32.6 Å². The maximum atomic E-state index is 13.4. The van der Waals surface area contributed by atoms with E-state index in [1.54, 1.807) is 19.9 Å². The fraction of sp³-hybridized carbons (Fsp3) is 0.474. The molecule has 1 aliphatic rings. The molecule has 0 radical (unpaired) electrons. The van der Waals surface area contributed by atoms with Gasteiger partial charge < -0.3 is 9.84 Å². The molecule has 10 nitrogen and oxygen atoms in total. The Labute approximate surface area is 182 Å². The van der Waals surface area contributed by atoms with Crippen molar-refractivity contribution in [3.05, 3.63) is 33.4 Å². The van der Waals surface area contributed by atoms with Crippen LogP contribution in [-0.4, -0.2) is 46.4 Å². The molecule has 0 atom stereocenters. The van der Waals surface area contributed by atoms with Crippen LogP contribution in [0.1, 0.15) is 30.4 Å². The highest BCUT2D eigenvalue weighted by Gasteiger charge is 2.33. The van der Waals surface area contributed by atoms with E-state index in [-0.39, 0.29) is 22.6 Å². The van der Waals surface area contributed by atoms with Crippen molar-refractivity contribution in [1.29, 1.82) is 0 Å². The molecule has 0 bridgehead atoms.